The van der Waals surface area contributed by atoms with E-state index in [2.05, 4.69) is 32.4 Å². The Balaban J connectivity index is 2.73. The van der Waals surface area contributed by atoms with E-state index in [-0.39, 0.29) is 0 Å². The second kappa shape index (κ2) is 6.66. The molecular formula is C12H18BrN3. The molecule has 0 bridgehead atoms. The first kappa shape index (κ1) is 13.2. The minimum Gasteiger partial charge on any atom is -0.359 e. The number of anilines is 1. The van der Waals surface area contributed by atoms with Gasteiger partial charge in [-0.25, -0.2) is 4.98 Å². The van der Waals surface area contributed by atoms with Gasteiger partial charge in [0.05, 0.1) is 0 Å². The first-order valence-electron chi connectivity index (χ1n) is 5.35. The minimum atomic E-state index is 0.508. The normalized spacial score (nSPS) is 10.2. The van der Waals surface area contributed by atoms with Gasteiger partial charge in [0.1, 0.15) is 5.82 Å². The molecule has 16 heavy (non-hydrogen) atoms. The highest BCUT2D eigenvalue weighted by Crippen LogP contribution is 2.20. The molecule has 0 unspecified atom stereocenters. The Bertz CT molecular complexity index is 352. The second-order valence-electron chi connectivity index (χ2n) is 3.69. The molecule has 0 saturated heterocycles. The molecular weight excluding hydrogens is 266 g/mol. The lowest BCUT2D eigenvalue weighted by molar-refractivity contribution is 0.785. The Morgan fingerprint density at radius 2 is 2.38 bits per heavy atom. The lowest BCUT2D eigenvalue weighted by atomic mass is 10.2. The maximum atomic E-state index is 5.71. The van der Waals surface area contributed by atoms with E-state index in [0.29, 0.717) is 6.54 Å². The quantitative estimate of drug-likeness (QED) is 0.645. The van der Waals surface area contributed by atoms with Crippen molar-refractivity contribution in [2.75, 3.05) is 18.5 Å². The van der Waals surface area contributed by atoms with Crippen molar-refractivity contribution in [3.8, 4) is 0 Å². The summed E-state index contributed by atoms with van der Waals surface area (Å²) in [5.41, 5.74) is 6.77. The number of allylic oxidation sites excluding steroid dienone is 1. The number of unbranched alkanes of at least 4 members (excludes halogenated alkanes) is 1. The van der Waals surface area contributed by atoms with E-state index in [9.17, 15) is 0 Å². The van der Waals surface area contributed by atoms with Crippen molar-refractivity contribution in [1.82, 2.24) is 4.98 Å². The summed E-state index contributed by atoms with van der Waals surface area (Å²) in [5.74, 6) is 0.967. The molecule has 1 heterocycles. The third-order valence-electron chi connectivity index (χ3n) is 2.39. The molecule has 88 valence electrons. The number of hydrogen-bond acceptors (Lipinski definition) is 3. The highest BCUT2D eigenvalue weighted by Gasteiger charge is 2.08. The number of nitrogens with zero attached hydrogens (tertiary/aromatic N) is 2. The van der Waals surface area contributed by atoms with E-state index in [4.69, 9.17) is 5.73 Å². The van der Waals surface area contributed by atoms with Crippen LogP contribution in [0.5, 0.6) is 0 Å². The van der Waals surface area contributed by atoms with Crippen molar-refractivity contribution in [3.05, 3.63) is 35.0 Å². The van der Waals surface area contributed by atoms with Crippen molar-refractivity contribution >= 4 is 21.7 Å². The Morgan fingerprint density at radius 1 is 1.62 bits per heavy atom. The van der Waals surface area contributed by atoms with Crippen molar-refractivity contribution in [3.63, 3.8) is 0 Å². The molecule has 1 aromatic heterocycles. The molecule has 1 aromatic rings. The van der Waals surface area contributed by atoms with E-state index in [0.717, 1.165) is 35.2 Å². The number of aromatic nitrogens is 1. The van der Waals surface area contributed by atoms with E-state index in [1.165, 1.54) is 0 Å². The predicted molar refractivity (Wildman–Crippen MR) is 72.5 cm³/mol. The Morgan fingerprint density at radius 3 is 3.00 bits per heavy atom. The lowest BCUT2D eigenvalue weighted by Gasteiger charge is -2.20. The van der Waals surface area contributed by atoms with Crippen LogP contribution in [-0.4, -0.2) is 18.6 Å². The van der Waals surface area contributed by atoms with E-state index < -0.39 is 0 Å². The number of hydrogen-bond donors (Lipinski definition) is 1. The molecule has 0 aliphatic carbocycles. The van der Waals surface area contributed by atoms with E-state index in [1.807, 2.05) is 19.2 Å². The van der Waals surface area contributed by atoms with Gasteiger partial charge in [-0.3, -0.25) is 0 Å². The van der Waals surface area contributed by atoms with Crippen LogP contribution in [0, 0.1) is 0 Å². The van der Waals surface area contributed by atoms with E-state index in [1.54, 1.807) is 6.20 Å². The average Bonchev–Trinajstić information content (AvgIpc) is 2.29. The molecule has 0 saturated carbocycles. The summed E-state index contributed by atoms with van der Waals surface area (Å²) in [4.78, 5) is 6.54. The van der Waals surface area contributed by atoms with Crippen LogP contribution in [0.1, 0.15) is 18.4 Å². The van der Waals surface area contributed by atoms with Crippen LogP contribution in [0.2, 0.25) is 0 Å². The molecule has 1 rings (SSSR count). The van der Waals surface area contributed by atoms with Gasteiger partial charge in [-0.2, -0.15) is 0 Å². The van der Waals surface area contributed by atoms with Crippen LogP contribution < -0.4 is 10.6 Å². The third kappa shape index (κ3) is 3.61. The largest absolute Gasteiger partial charge is 0.359 e. The van der Waals surface area contributed by atoms with Crippen molar-refractivity contribution in [2.45, 2.75) is 19.4 Å². The molecule has 0 atom stereocenters. The van der Waals surface area contributed by atoms with Crippen molar-refractivity contribution < 1.29 is 0 Å². The summed E-state index contributed by atoms with van der Waals surface area (Å²) >= 11 is 3.40. The van der Waals surface area contributed by atoms with Gasteiger partial charge < -0.3 is 10.6 Å². The zero-order chi connectivity index (χ0) is 12.0. The molecule has 0 spiro atoms. The number of halogens is 1. The maximum Gasteiger partial charge on any atom is 0.132 e. The van der Waals surface area contributed by atoms with Crippen LogP contribution in [0.15, 0.2) is 29.4 Å². The molecule has 0 aliphatic heterocycles. The fourth-order valence-corrected chi connectivity index (χ4v) is 1.93. The molecule has 0 radical (unpaired) electrons. The van der Waals surface area contributed by atoms with Gasteiger partial charge in [0.2, 0.25) is 0 Å². The summed E-state index contributed by atoms with van der Waals surface area (Å²) in [7, 11) is 2.04. The van der Waals surface area contributed by atoms with Gasteiger partial charge in [0, 0.05) is 36.4 Å². The van der Waals surface area contributed by atoms with Crippen molar-refractivity contribution in [2.24, 2.45) is 5.73 Å². The average molecular weight is 284 g/mol. The van der Waals surface area contributed by atoms with Gasteiger partial charge in [-0.15, -0.1) is 6.58 Å². The molecule has 0 fully saturated rings. The first-order chi connectivity index (χ1) is 7.69. The van der Waals surface area contributed by atoms with Crippen LogP contribution in [0.4, 0.5) is 5.82 Å². The van der Waals surface area contributed by atoms with Gasteiger partial charge in [-0.1, -0.05) is 6.08 Å². The summed E-state index contributed by atoms with van der Waals surface area (Å²) < 4.78 is 0.969. The number of rotatable bonds is 6. The number of nitrogens with two attached hydrogens (primary N) is 1. The van der Waals surface area contributed by atoms with Gasteiger partial charge in [-0.05, 0) is 34.8 Å². The molecule has 3 nitrogen and oxygen atoms in total. The molecule has 4 heteroatoms. The second-order valence-corrected chi connectivity index (χ2v) is 4.61. The topological polar surface area (TPSA) is 42.2 Å². The van der Waals surface area contributed by atoms with Crippen LogP contribution in [-0.2, 0) is 6.54 Å². The summed E-state index contributed by atoms with van der Waals surface area (Å²) in [6.45, 7) is 5.19. The van der Waals surface area contributed by atoms with Crippen LogP contribution in [0.25, 0.3) is 0 Å². The minimum absolute atomic E-state index is 0.508. The lowest BCUT2D eigenvalue weighted by Crippen LogP contribution is -2.22. The van der Waals surface area contributed by atoms with Crippen LogP contribution >= 0.6 is 15.9 Å². The predicted octanol–water partition coefficient (Wildman–Crippen LogP) is 2.71. The molecule has 0 aliphatic rings. The van der Waals surface area contributed by atoms with Gasteiger partial charge in [0.25, 0.3) is 0 Å². The smallest absolute Gasteiger partial charge is 0.132 e. The fraction of sp³-hybridized carbons (Fsp3) is 0.417. The Hall–Kier alpha value is -0.870. The monoisotopic (exact) mass is 283 g/mol. The first-order valence-corrected chi connectivity index (χ1v) is 6.15. The standard InChI is InChI=1S/C12H18BrN3/c1-3-4-5-6-16(2)12-10(8-14)7-11(13)9-15-12/h3,7,9H,1,4-6,8,14H2,2H3. The highest BCUT2D eigenvalue weighted by molar-refractivity contribution is 9.10. The summed E-state index contributed by atoms with van der Waals surface area (Å²) in [5, 5.41) is 0. The third-order valence-corrected chi connectivity index (χ3v) is 2.83. The van der Waals surface area contributed by atoms with Crippen LogP contribution in [0.3, 0.4) is 0 Å². The molecule has 0 aromatic carbocycles. The summed E-state index contributed by atoms with van der Waals surface area (Å²) in [6.07, 6.45) is 5.85. The maximum absolute atomic E-state index is 5.71. The highest BCUT2D eigenvalue weighted by atomic mass is 79.9. The Labute approximate surface area is 105 Å². The van der Waals surface area contributed by atoms with E-state index >= 15 is 0 Å². The summed E-state index contributed by atoms with van der Waals surface area (Å²) in [6, 6.07) is 2.02. The Kier molecular flexibility index (Phi) is 5.49. The number of pyridine rings is 1. The SMILES string of the molecule is C=CCCCN(C)c1ncc(Br)cc1CN. The zero-order valence-electron chi connectivity index (χ0n) is 9.62. The van der Waals surface area contributed by atoms with Gasteiger partial charge in [0.15, 0.2) is 0 Å². The molecule has 0 amide bonds. The van der Waals surface area contributed by atoms with Gasteiger partial charge >= 0.3 is 0 Å². The fourth-order valence-electron chi connectivity index (χ4n) is 1.55. The zero-order valence-corrected chi connectivity index (χ0v) is 11.2. The van der Waals surface area contributed by atoms with Crippen molar-refractivity contribution in [1.29, 1.82) is 0 Å². The molecule has 2 N–H and O–H groups in total.